The van der Waals surface area contributed by atoms with Gasteiger partial charge >= 0.3 is 16.3 Å². The van der Waals surface area contributed by atoms with Crippen LogP contribution in [-0.2, 0) is 48.7 Å². The van der Waals surface area contributed by atoms with Gasteiger partial charge in [-0.15, -0.1) is 45.9 Å². The molecule has 24 heteroatoms. The van der Waals surface area contributed by atoms with Crippen LogP contribution in [-0.4, -0.2) is 113 Å². The van der Waals surface area contributed by atoms with E-state index in [1.807, 2.05) is 0 Å². The third-order valence-electron chi connectivity index (χ3n) is 5.09. The van der Waals surface area contributed by atoms with Crippen molar-refractivity contribution < 1.29 is 51.4 Å². The van der Waals surface area contributed by atoms with E-state index in [1.54, 1.807) is 0 Å². The SMILES string of the molecule is CO/N=C(\C(=O)N[C@@H]1C(=O)N(S(=O)(=O)O)[C@@H]1COC(=O)/C(=N\OC)c1csc(NC(=O)CCl)n1)c1csc(NC(=O)CCl)n1. The first-order valence-electron chi connectivity index (χ1n) is 11.5. The standard InChI is InChI=1S/C20H20Cl2N8O11S3/c1-39-28-13(8-6-42-19(23-8)25-11(31)3-21)16(33)27-15-10(30(17(15)34)44(36,37)38)5-41-18(35)14(29-40-2)9-7-43-20(24-9)26-12(32)4-22/h6-7,10,15H,3-5H2,1-2H3,(H,27,33)(H,23,25,31)(H,24,26,32)(H,36,37,38)/b28-13-,29-14-/t10-,15+/m1/s1. The fourth-order valence-corrected chi connectivity index (χ4v) is 5.75. The lowest BCUT2D eigenvalue weighted by Gasteiger charge is -2.43. The summed E-state index contributed by atoms with van der Waals surface area (Å²) >= 11 is 12.7. The normalized spacial score (nSPS) is 16.9. The van der Waals surface area contributed by atoms with E-state index in [4.69, 9.17) is 27.9 Å². The molecule has 0 unspecified atom stereocenters. The number of hydrogen-bond donors (Lipinski definition) is 4. The van der Waals surface area contributed by atoms with Gasteiger partial charge in [0.05, 0.1) is 0 Å². The summed E-state index contributed by atoms with van der Waals surface area (Å²) in [5.74, 6) is -5.40. The van der Waals surface area contributed by atoms with Crippen molar-refractivity contribution in [1.29, 1.82) is 0 Å². The number of esters is 1. The molecule has 0 radical (unpaired) electrons. The number of nitrogens with zero attached hydrogens (tertiary/aromatic N) is 5. The number of amides is 4. The second kappa shape index (κ2) is 15.2. The highest BCUT2D eigenvalue weighted by Gasteiger charge is 2.55. The molecule has 1 aliphatic rings. The van der Waals surface area contributed by atoms with Gasteiger partial charge in [-0.25, -0.2) is 19.1 Å². The van der Waals surface area contributed by atoms with E-state index in [1.165, 1.54) is 10.8 Å². The van der Waals surface area contributed by atoms with E-state index >= 15 is 0 Å². The van der Waals surface area contributed by atoms with Crippen molar-refractivity contribution in [2.45, 2.75) is 12.1 Å². The zero-order valence-corrected chi connectivity index (χ0v) is 26.1. The van der Waals surface area contributed by atoms with Crippen LogP contribution in [0.1, 0.15) is 11.4 Å². The number of aromatic nitrogens is 2. The Morgan fingerprint density at radius 1 is 0.977 bits per heavy atom. The Bertz CT molecular complexity index is 1610. The Morgan fingerprint density at radius 2 is 1.48 bits per heavy atom. The summed E-state index contributed by atoms with van der Waals surface area (Å²) in [5.41, 5.74) is -1.17. The minimum atomic E-state index is -5.16. The fourth-order valence-electron chi connectivity index (χ4n) is 3.32. The first-order chi connectivity index (χ1) is 20.8. The number of oxime groups is 2. The number of hydrogen-bond acceptors (Lipinski definition) is 16. The zero-order valence-electron chi connectivity index (χ0n) is 22.2. The monoisotopic (exact) mass is 714 g/mol. The summed E-state index contributed by atoms with van der Waals surface area (Å²) in [4.78, 5) is 78.9. The molecule has 3 heterocycles. The number of β-lactam (4-membered cyclic amide) rings is 1. The van der Waals surface area contributed by atoms with Crippen LogP contribution >= 0.6 is 45.9 Å². The molecule has 0 bridgehead atoms. The molecule has 3 rings (SSSR count). The van der Waals surface area contributed by atoms with Gasteiger partial charge in [0, 0.05) is 10.8 Å². The molecule has 1 aliphatic heterocycles. The van der Waals surface area contributed by atoms with Crippen LogP contribution in [0.15, 0.2) is 21.1 Å². The molecule has 4 amide bonds. The Hall–Kier alpha value is -3.96. The van der Waals surface area contributed by atoms with Crippen LogP contribution in [0.5, 0.6) is 0 Å². The summed E-state index contributed by atoms with van der Waals surface area (Å²) in [6.45, 7) is -0.875. The lowest BCUT2D eigenvalue weighted by Crippen LogP contribution is -2.73. The topological polar surface area (TPSA) is 257 Å². The second-order valence-corrected chi connectivity index (χ2v) is 11.5. The molecule has 0 aliphatic carbocycles. The van der Waals surface area contributed by atoms with E-state index in [2.05, 4.69) is 45.9 Å². The number of alkyl halides is 2. The molecule has 0 spiro atoms. The van der Waals surface area contributed by atoms with Gasteiger partial charge in [-0.05, 0) is 0 Å². The minimum Gasteiger partial charge on any atom is -0.458 e. The van der Waals surface area contributed by atoms with Crippen LogP contribution in [0.4, 0.5) is 10.3 Å². The van der Waals surface area contributed by atoms with Gasteiger partial charge in [0.1, 0.15) is 56.1 Å². The Morgan fingerprint density at radius 3 is 1.95 bits per heavy atom. The van der Waals surface area contributed by atoms with Gasteiger partial charge < -0.3 is 30.4 Å². The minimum absolute atomic E-state index is 0.00320. The largest absolute Gasteiger partial charge is 0.458 e. The molecule has 238 valence electrons. The smallest absolute Gasteiger partial charge is 0.362 e. The highest BCUT2D eigenvalue weighted by atomic mass is 35.5. The molecular weight excluding hydrogens is 695 g/mol. The van der Waals surface area contributed by atoms with Gasteiger partial charge in [0.2, 0.25) is 17.5 Å². The number of carbonyl (C=O) groups excluding carboxylic acids is 5. The van der Waals surface area contributed by atoms with Gasteiger partial charge in [-0.1, -0.05) is 10.3 Å². The zero-order chi connectivity index (χ0) is 32.6. The van der Waals surface area contributed by atoms with E-state index in [0.717, 1.165) is 36.9 Å². The number of halogens is 2. The van der Waals surface area contributed by atoms with Crippen LogP contribution < -0.4 is 16.0 Å². The highest BCUT2D eigenvalue weighted by Crippen LogP contribution is 2.25. The fraction of sp³-hybridized carbons (Fsp3) is 0.350. The van der Waals surface area contributed by atoms with Gasteiger partial charge in [0.25, 0.3) is 11.8 Å². The van der Waals surface area contributed by atoms with Crippen LogP contribution in [0.25, 0.3) is 0 Å². The lowest BCUT2D eigenvalue weighted by molar-refractivity contribution is -0.152. The summed E-state index contributed by atoms with van der Waals surface area (Å²) in [6, 6.07) is -3.27. The van der Waals surface area contributed by atoms with Gasteiger partial charge in [-0.2, -0.15) is 8.42 Å². The molecule has 1 saturated heterocycles. The van der Waals surface area contributed by atoms with Crippen molar-refractivity contribution in [2.24, 2.45) is 10.3 Å². The van der Waals surface area contributed by atoms with Crippen LogP contribution in [0.3, 0.4) is 0 Å². The molecule has 19 nitrogen and oxygen atoms in total. The molecule has 2 aromatic rings. The molecule has 0 saturated carbocycles. The lowest BCUT2D eigenvalue weighted by atomic mass is 9.99. The van der Waals surface area contributed by atoms with Crippen molar-refractivity contribution in [3.63, 3.8) is 0 Å². The molecular formula is C20H20Cl2N8O11S3. The molecule has 2 aromatic heterocycles. The summed E-state index contributed by atoms with van der Waals surface area (Å²) in [6.07, 6.45) is 0. The Balaban J connectivity index is 1.78. The number of ether oxygens (including phenoxy) is 1. The van der Waals surface area contributed by atoms with E-state index in [-0.39, 0.29) is 37.7 Å². The Labute approximate surface area is 265 Å². The number of rotatable bonds is 14. The van der Waals surface area contributed by atoms with Gasteiger partial charge in [-0.3, -0.25) is 23.7 Å². The molecule has 0 aromatic carbocycles. The van der Waals surface area contributed by atoms with E-state index in [9.17, 15) is 36.9 Å². The molecule has 4 N–H and O–H groups in total. The van der Waals surface area contributed by atoms with Crippen LogP contribution in [0.2, 0.25) is 0 Å². The quantitative estimate of drug-likeness (QED) is 0.0476. The maximum absolute atomic E-state index is 13.1. The van der Waals surface area contributed by atoms with Crippen molar-refractivity contribution in [3.05, 3.63) is 22.1 Å². The molecule has 44 heavy (non-hydrogen) atoms. The third-order valence-corrected chi connectivity index (χ3v) is 8.04. The first kappa shape index (κ1) is 34.5. The number of carbonyl (C=O) groups is 5. The average Bonchev–Trinajstić information content (AvgIpc) is 3.63. The van der Waals surface area contributed by atoms with E-state index in [0.29, 0.717) is 0 Å². The van der Waals surface area contributed by atoms with Crippen molar-refractivity contribution in [1.82, 2.24) is 19.6 Å². The third kappa shape index (κ3) is 8.35. The number of anilines is 2. The average molecular weight is 716 g/mol. The maximum Gasteiger partial charge on any atom is 0.362 e. The molecule has 1 fully saturated rings. The van der Waals surface area contributed by atoms with Crippen molar-refractivity contribution in [2.75, 3.05) is 43.2 Å². The Kier molecular flexibility index (Phi) is 11.9. The van der Waals surface area contributed by atoms with E-state index < -0.39 is 70.0 Å². The summed E-state index contributed by atoms with van der Waals surface area (Å²) < 4.78 is 38.4. The first-order valence-corrected chi connectivity index (χ1v) is 15.7. The number of nitrogens with one attached hydrogen (secondary N) is 3. The summed E-state index contributed by atoms with van der Waals surface area (Å²) in [7, 11) is -2.93. The van der Waals surface area contributed by atoms with Crippen molar-refractivity contribution >= 4 is 107 Å². The van der Waals surface area contributed by atoms with Crippen LogP contribution in [0, 0.1) is 0 Å². The predicted octanol–water partition coefficient (Wildman–Crippen LogP) is -0.603. The highest BCUT2D eigenvalue weighted by molar-refractivity contribution is 7.84. The van der Waals surface area contributed by atoms with Crippen molar-refractivity contribution in [3.8, 4) is 0 Å². The summed E-state index contributed by atoms with van der Waals surface area (Å²) in [5, 5.41) is 16.9. The predicted molar refractivity (Wildman–Crippen MR) is 155 cm³/mol. The second-order valence-electron chi connectivity index (χ2n) is 7.91. The maximum atomic E-state index is 13.1. The number of thiazole rings is 2. The van der Waals surface area contributed by atoms with Gasteiger partial charge in [0.15, 0.2) is 16.0 Å². The molecule has 2 atom stereocenters.